The van der Waals surface area contributed by atoms with E-state index >= 15 is 0 Å². The number of nitrogens with one attached hydrogen (secondary N) is 1. The van der Waals surface area contributed by atoms with Gasteiger partial charge in [-0.15, -0.1) is 0 Å². The number of benzene rings is 1. The molecule has 1 N–H and O–H groups in total. The highest BCUT2D eigenvalue weighted by molar-refractivity contribution is 7.99. The van der Waals surface area contributed by atoms with Crippen molar-refractivity contribution in [2.75, 3.05) is 7.11 Å². The monoisotopic (exact) mass is 313 g/mol. The Morgan fingerprint density at radius 2 is 1.95 bits per heavy atom. The van der Waals surface area contributed by atoms with Crippen molar-refractivity contribution in [3.05, 3.63) is 52.1 Å². The predicted molar refractivity (Wildman–Crippen MR) is 86.7 cm³/mol. The summed E-state index contributed by atoms with van der Waals surface area (Å²) in [6.07, 6.45) is 0. The van der Waals surface area contributed by atoms with Crippen molar-refractivity contribution >= 4 is 22.7 Å². The topological polar surface area (TPSA) is 67.9 Å². The molecule has 0 unspecified atom stereocenters. The van der Waals surface area contributed by atoms with Crippen LogP contribution in [0.3, 0.4) is 0 Å². The summed E-state index contributed by atoms with van der Waals surface area (Å²) in [7, 11) is 1.58. The Kier molecular flexibility index (Phi) is 3.85. The van der Waals surface area contributed by atoms with Crippen LogP contribution in [0.2, 0.25) is 0 Å². The van der Waals surface area contributed by atoms with Gasteiger partial charge in [-0.3, -0.25) is 4.79 Å². The fourth-order valence-electron chi connectivity index (χ4n) is 2.23. The Bertz CT molecular complexity index is 906. The number of H-pyrrole nitrogens is 1. The highest BCUT2D eigenvalue weighted by Crippen LogP contribution is 2.33. The van der Waals surface area contributed by atoms with Gasteiger partial charge in [-0.05, 0) is 31.5 Å². The summed E-state index contributed by atoms with van der Waals surface area (Å²) in [5.41, 5.74) is 1.58. The molecule has 0 fully saturated rings. The van der Waals surface area contributed by atoms with Gasteiger partial charge < -0.3 is 9.72 Å². The maximum atomic E-state index is 12.3. The molecule has 0 spiro atoms. The number of aromatic amines is 1. The molecule has 0 aliphatic heterocycles. The largest absolute Gasteiger partial charge is 0.481 e. The molecule has 2 heterocycles. The number of methoxy groups -OCH3 is 1. The summed E-state index contributed by atoms with van der Waals surface area (Å²) in [5, 5.41) is 1.37. The normalized spacial score (nSPS) is 10.9. The summed E-state index contributed by atoms with van der Waals surface area (Å²) in [6, 6.07) is 9.40. The second kappa shape index (κ2) is 5.81. The Hall–Kier alpha value is -2.34. The van der Waals surface area contributed by atoms with E-state index in [4.69, 9.17) is 4.74 Å². The van der Waals surface area contributed by atoms with Gasteiger partial charge in [0.05, 0.1) is 18.0 Å². The van der Waals surface area contributed by atoms with E-state index in [1.54, 1.807) is 20.1 Å². The van der Waals surface area contributed by atoms with Crippen molar-refractivity contribution < 1.29 is 4.74 Å². The molecule has 0 saturated carbocycles. The number of aromatic nitrogens is 3. The van der Waals surface area contributed by atoms with Crippen molar-refractivity contribution in [2.45, 2.75) is 23.8 Å². The lowest BCUT2D eigenvalue weighted by molar-refractivity contribution is 0.394. The van der Waals surface area contributed by atoms with Crippen molar-refractivity contribution in [2.24, 2.45) is 0 Å². The molecule has 22 heavy (non-hydrogen) atoms. The molecule has 0 aliphatic rings. The second-order valence-electron chi connectivity index (χ2n) is 4.88. The van der Waals surface area contributed by atoms with Gasteiger partial charge in [-0.25, -0.2) is 9.97 Å². The molecule has 0 amide bonds. The van der Waals surface area contributed by atoms with Gasteiger partial charge in [0.25, 0.3) is 5.56 Å². The van der Waals surface area contributed by atoms with E-state index in [1.165, 1.54) is 11.8 Å². The lowest BCUT2D eigenvalue weighted by Crippen LogP contribution is -2.11. The third-order valence-corrected chi connectivity index (χ3v) is 4.42. The number of aryl methyl sites for hydroxylation is 2. The van der Waals surface area contributed by atoms with Crippen molar-refractivity contribution in [3.8, 4) is 5.88 Å². The van der Waals surface area contributed by atoms with E-state index in [2.05, 4.69) is 15.0 Å². The average Bonchev–Trinajstić information content (AvgIpc) is 2.50. The Morgan fingerprint density at radius 1 is 1.14 bits per heavy atom. The molecule has 5 nitrogen and oxygen atoms in total. The van der Waals surface area contributed by atoms with Crippen molar-refractivity contribution in [1.82, 2.24) is 15.0 Å². The molecule has 0 saturated heterocycles. The van der Waals surface area contributed by atoms with E-state index in [9.17, 15) is 4.79 Å². The number of hydrogen-bond donors (Lipinski definition) is 1. The first-order valence-corrected chi connectivity index (χ1v) is 7.59. The van der Waals surface area contributed by atoms with Crippen LogP contribution in [-0.2, 0) is 0 Å². The van der Waals surface area contributed by atoms with E-state index in [-0.39, 0.29) is 5.56 Å². The fourth-order valence-corrected chi connectivity index (χ4v) is 3.25. The van der Waals surface area contributed by atoms with Crippen LogP contribution in [0.4, 0.5) is 0 Å². The summed E-state index contributed by atoms with van der Waals surface area (Å²) in [5.74, 6) is 1.16. The standard InChI is InChI=1S/C16H15N3O2S/c1-9-7-8-11-14(16(20)18-10(2)17-11)15(9)22-13-6-4-5-12(19-13)21-3/h4-8H,1-3H3,(H,17,18,20). The zero-order valence-electron chi connectivity index (χ0n) is 12.5. The molecule has 112 valence electrons. The molecule has 3 aromatic rings. The third kappa shape index (κ3) is 2.69. The minimum atomic E-state index is -0.128. The van der Waals surface area contributed by atoms with Crippen molar-refractivity contribution in [1.29, 1.82) is 0 Å². The van der Waals surface area contributed by atoms with Crippen LogP contribution in [0.5, 0.6) is 5.88 Å². The Balaban J connectivity index is 2.17. The third-order valence-electron chi connectivity index (χ3n) is 3.26. The average molecular weight is 313 g/mol. The van der Waals surface area contributed by atoms with Crippen LogP contribution in [0, 0.1) is 13.8 Å². The number of pyridine rings is 1. The van der Waals surface area contributed by atoms with Gasteiger partial charge in [0.2, 0.25) is 5.88 Å². The van der Waals surface area contributed by atoms with Crippen LogP contribution in [0.1, 0.15) is 11.4 Å². The minimum Gasteiger partial charge on any atom is -0.481 e. The van der Waals surface area contributed by atoms with E-state index in [0.717, 1.165) is 15.5 Å². The van der Waals surface area contributed by atoms with E-state index in [0.29, 0.717) is 22.6 Å². The second-order valence-corrected chi connectivity index (χ2v) is 5.91. The first-order valence-electron chi connectivity index (χ1n) is 6.77. The zero-order valence-corrected chi connectivity index (χ0v) is 13.3. The van der Waals surface area contributed by atoms with E-state index < -0.39 is 0 Å². The first kappa shape index (κ1) is 14.6. The highest BCUT2D eigenvalue weighted by Gasteiger charge is 2.12. The summed E-state index contributed by atoms with van der Waals surface area (Å²) < 4.78 is 5.15. The molecule has 0 radical (unpaired) electrons. The summed E-state index contributed by atoms with van der Waals surface area (Å²) >= 11 is 1.44. The molecule has 6 heteroatoms. The first-order chi connectivity index (χ1) is 10.6. The maximum absolute atomic E-state index is 12.3. The van der Waals surface area contributed by atoms with Crippen LogP contribution in [-0.4, -0.2) is 22.1 Å². The van der Waals surface area contributed by atoms with Crippen LogP contribution >= 0.6 is 11.8 Å². The fraction of sp³-hybridized carbons (Fsp3) is 0.188. The molecular formula is C16H15N3O2S. The molecule has 0 bridgehead atoms. The zero-order chi connectivity index (χ0) is 15.7. The van der Waals surface area contributed by atoms with Gasteiger partial charge in [0.15, 0.2) is 0 Å². The van der Waals surface area contributed by atoms with Crippen molar-refractivity contribution in [3.63, 3.8) is 0 Å². The lowest BCUT2D eigenvalue weighted by atomic mass is 10.1. The highest BCUT2D eigenvalue weighted by atomic mass is 32.2. The maximum Gasteiger partial charge on any atom is 0.259 e. The van der Waals surface area contributed by atoms with Gasteiger partial charge in [-0.1, -0.05) is 23.9 Å². The summed E-state index contributed by atoms with van der Waals surface area (Å²) in [6.45, 7) is 3.75. The molecule has 1 aromatic carbocycles. The number of rotatable bonds is 3. The number of fused-ring (bicyclic) bond motifs is 1. The Labute approximate surface area is 131 Å². The number of ether oxygens (including phenoxy) is 1. The molecule has 3 rings (SSSR count). The number of nitrogens with zero attached hydrogens (tertiary/aromatic N) is 2. The molecule has 0 atom stereocenters. The molecular weight excluding hydrogens is 298 g/mol. The SMILES string of the molecule is COc1cccc(Sc2c(C)ccc3nc(C)[nH]c(=O)c23)n1. The summed E-state index contributed by atoms with van der Waals surface area (Å²) in [4.78, 5) is 24.8. The Morgan fingerprint density at radius 3 is 2.73 bits per heavy atom. The van der Waals surface area contributed by atoms with Crippen LogP contribution in [0.15, 0.2) is 45.0 Å². The molecule has 0 aliphatic carbocycles. The van der Waals surface area contributed by atoms with Crippen LogP contribution < -0.4 is 10.3 Å². The minimum absolute atomic E-state index is 0.128. The van der Waals surface area contributed by atoms with Gasteiger partial charge in [0.1, 0.15) is 10.9 Å². The van der Waals surface area contributed by atoms with Gasteiger partial charge >= 0.3 is 0 Å². The molecule has 2 aromatic heterocycles. The number of hydrogen-bond acceptors (Lipinski definition) is 5. The van der Waals surface area contributed by atoms with Crippen LogP contribution in [0.25, 0.3) is 10.9 Å². The van der Waals surface area contributed by atoms with Gasteiger partial charge in [-0.2, -0.15) is 0 Å². The lowest BCUT2D eigenvalue weighted by Gasteiger charge is -2.09. The smallest absolute Gasteiger partial charge is 0.259 e. The predicted octanol–water partition coefficient (Wildman–Crippen LogP) is 3.09. The van der Waals surface area contributed by atoms with E-state index in [1.807, 2.05) is 31.2 Å². The van der Waals surface area contributed by atoms with Gasteiger partial charge in [0, 0.05) is 11.0 Å². The quantitative estimate of drug-likeness (QED) is 0.805.